The van der Waals surface area contributed by atoms with Crippen LogP contribution in [0.2, 0.25) is 0 Å². The van der Waals surface area contributed by atoms with Crippen molar-refractivity contribution in [2.45, 2.75) is 37.5 Å². The van der Waals surface area contributed by atoms with Crippen molar-refractivity contribution in [3.63, 3.8) is 0 Å². The van der Waals surface area contributed by atoms with Gasteiger partial charge in [0.1, 0.15) is 5.75 Å². The van der Waals surface area contributed by atoms with Crippen LogP contribution in [0.3, 0.4) is 0 Å². The number of likely N-dealkylation sites (tertiary alicyclic amines) is 1. The Bertz CT molecular complexity index is 1100. The maximum atomic E-state index is 13.2. The van der Waals surface area contributed by atoms with Crippen molar-refractivity contribution >= 4 is 27.4 Å². The predicted octanol–water partition coefficient (Wildman–Crippen LogP) is 3.90. The smallest absolute Gasteiger partial charge is 0.335 e. The maximum Gasteiger partial charge on any atom is 0.335 e. The molecular weight excluding hydrogens is 454 g/mol. The fourth-order valence-electron chi connectivity index (χ4n) is 4.88. The molecule has 2 aliphatic rings. The average Bonchev–Trinajstić information content (AvgIpc) is 3.32. The van der Waals surface area contributed by atoms with Gasteiger partial charge in [0.05, 0.1) is 28.4 Å². The number of nitrogens with zero attached hydrogens (tertiary/aromatic N) is 2. The first-order chi connectivity index (χ1) is 16.4. The third kappa shape index (κ3) is 5.82. The van der Waals surface area contributed by atoms with Crippen LogP contribution in [0.25, 0.3) is 0 Å². The molecule has 4 rings (SSSR count). The molecule has 0 bridgehead atoms. The fourth-order valence-corrected chi connectivity index (χ4v) is 5.94. The summed E-state index contributed by atoms with van der Waals surface area (Å²) in [5.41, 5.74) is 1.04. The summed E-state index contributed by atoms with van der Waals surface area (Å²) in [5.74, 6) is -0.00689. The van der Waals surface area contributed by atoms with Gasteiger partial charge in [0, 0.05) is 19.6 Å². The van der Waals surface area contributed by atoms with E-state index in [0.717, 1.165) is 45.6 Å². The summed E-state index contributed by atoms with van der Waals surface area (Å²) in [6, 6.07) is 10.9. The molecular formula is C25H33N3O5S. The highest BCUT2D eigenvalue weighted by atomic mass is 32.2. The second-order valence-corrected chi connectivity index (χ2v) is 10.7. The van der Waals surface area contributed by atoms with E-state index >= 15 is 0 Å². The number of benzene rings is 2. The van der Waals surface area contributed by atoms with Gasteiger partial charge in [0.25, 0.3) is 10.0 Å². The monoisotopic (exact) mass is 487 g/mol. The lowest BCUT2D eigenvalue weighted by molar-refractivity contribution is 0.0697. The molecule has 0 amide bonds. The summed E-state index contributed by atoms with van der Waals surface area (Å²) < 4.78 is 34.4. The predicted molar refractivity (Wildman–Crippen MR) is 132 cm³/mol. The highest BCUT2D eigenvalue weighted by Gasteiger charge is 2.26. The lowest BCUT2D eigenvalue weighted by atomic mass is 9.96. The quantitative estimate of drug-likeness (QED) is 0.553. The molecule has 0 radical (unpaired) electrons. The van der Waals surface area contributed by atoms with E-state index in [1.165, 1.54) is 37.1 Å². The van der Waals surface area contributed by atoms with E-state index in [9.17, 15) is 18.3 Å². The van der Waals surface area contributed by atoms with Crippen molar-refractivity contribution in [2.24, 2.45) is 5.92 Å². The lowest BCUT2D eigenvalue weighted by Crippen LogP contribution is -2.40. The molecule has 1 atom stereocenters. The lowest BCUT2D eigenvalue weighted by Gasteiger charge is -2.37. The largest absolute Gasteiger partial charge is 0.494 e. The van der Waals surface area contributed by atoms with E-state index in [-0.39, 0.29) is 16.1 Å². The van der Waals surface area contributed by atoms with E-state index in [1.807, 2.05) is 6.92 Å². The fraction of sp³-hybridized carbons (Fsp3) is 0.480. The highest BCUT2D eigenvalue weighted by Crippen LogP contribution is 2.33. The molecule has 2 aromatic rings. The van der Waals surface area contributed by atoms with E-state index < -0.39 is 16.0 Å². The van der Waals surface area contributed by atoms with Gasteiger partial charge < -0.3 is 19.6 Å². The van der Waals surface area contributed by atoms with Gasteiger partial charge in [-0.15, -0.1) is 0 Å². The number of piperidine rings is 1. The Kier molecular flexibility index (Phi) is 7.63. The summed E-state index contributed by atoms with van der Waals surface area (Å²) in [6.45, 7) is 7.33. The van der Waals surface area contributed by atoms with Crippen LogP contribution in [0.5, 0.6) is 5.75 Å². The van der Waals surface area contributed by atoms with Gasteiger partial charge in [-0.25, -0.2) is 13.2 Å². The Morgan fingerprint density at radius 2 is 1.82 bits per heavy atom. The molecule has 2 N–H and O–H groups in total. The van der Waals surface area contributed by atoms with Gasteiger partial charge in [-0.1, -0.05) is 0 Å². The molecule has 9 heteroatoms. The number of nitrogens with one attached hydrogen (secondary N) is 1. The molecule has 2 aromatic carbocycles. The number of hydrogen-bond acceptors (Lipinski definition) is 6. The molecule has 0 saturated carbocycles. The number of ether oxygens (including phenoxy) is 1. The van der Waals surface area contributed by atoms with E-state index in [0.29, 0.717) is 24.0 Å². The average molecular weight is 488 g/mol. The topological polar surface area (TPSA) is 99.2 Å². The zero-order chi connectivity index (χ0) is 24.1. The molecule has 0 spiro atoms. The minimum atomic E-state index is -3.91. The van der Waals surface area contributed by atoms with E-state index in [4.69, 9.17) is 4.74 Å². The van der Waals surface area contributed by atoms with Crippen molar-refractivity contribution in [2.75, 3.05) is 49.0 Å². The van der Waals surface area contributed by atoms with Crippen molar-refractivity contribution in [1.29, 1.82) is 0 Å². The Hall–Kier alpha value is -2.78. The number of carboxylic acid groups (broad SMARTS) is 1. The van der Waals surface area contributed by atoms with Gasteiger partial charge in [0.2, 0.25) is 0 Å². The molecule has 2 saturated heterocycles. The maximum absolute atomic E-state index is 13.2. The molecule has 0 unspecified atom stereocenters. The molecule has 34 heavy (non-hydrogen) atoms. The zero-order valence-corrected chi connectivity index (χ0v) is 20.4. The summed E-state index contributed by atoms with van der Waals surface area (Å²) in [5, 5.41) is 9.50. The summed E-state index contributed by atoms with van der Waals surface area (Å²) in [6.07, 6.45) is 4.67. The van der Waals surface area contributed by atoms with Gasteiger partial charge in [-0.05, 0) is 94.1 Å². The van der Waals surface area contributed by atoms with Gasteiger partial charge in [0.15, 0.2) is 0 Å². The van der Waals surface area contributed by atoms with Gasteiger partial charge in [-0.3, -0.25) is 4.72 Å². The number of hydrogen-bond donors (Lipinski definition) is 2. The second kappa shape index (κ2) is 10.7. The van der Waals surface area contributed by atoms with Gasteiger partial charge >= 0.3 is 5.97 Å². The number of rotatable bonds is 9. The SMILES string of the molecule is CCOc1ccc(S(=O)(=O)Nc2cc(C(=O)O)ccc2N2CCC[C@H](CN3CCCC3)C2)cc1. The first kappa shape index (κ1) is 24.3. The molecule has 0 aliphatic carbocycles. The minimum Gasteiger partial charge on any atom is -0.494 e. The molecule has 2 heterocycles. The normalized spacial score (nSPS) is 19.2. The third-order valence-corrected chi connectivity index (χ3v) is 7.89. The van der Waals surface area contributed by atoms with Gasteiger partial charge in [-0.2, -0.15) is 0 Å². The summed E-state index contributed by atoms with van der Waals surface area (Å²) >= 11 is 0. The number of carboxylic acids is 1. The van der Waals surface area contributed by atoms with Crippen LogP contribution in [0, 0.1) is 5.92 Å². The van der Waals surface area contributed by atoms with Crippen molar-refractivity contribution < 1.29 is 23.1 Å². The third-order valence-electron chi connectivity index (χ3n) is 6.51. The number of carbonyl (C=O) groups is 1. The van der Waals surface area contributed by atoms with Crippen LogP contribution in [0.15, 0.2) is 47.4 Å². The second-order valence-electron chi connectivity index (χ2n) is 9.01. The van der Waals surface area contributed by atoms with Crippen LogP contribution in [-0.2, 0) is 10.0 Å². The first-order valence-electron chi connectivity index (χ1n) is 12.0. The number of anilines is 2. The van der Waals surface area contributed by atoms with Crippen LogP contribution in [0.4, 0.5) is 11.4 Å². The minimum absolute atomic E-state index is 0.0405. The van der Waals surface area contributed by atoms with E-state index in [1.54, 1.807) is 18.2 Å². The number of sulfonamides is 1. The number of aromatic carboxylic acids is 1. The first-order valence-corrected chi connectivity index (χ1v) is 13.4. The van der Waals surface area contributed by atoms with Crippen LogP contribution in [0.1, 0.15) is 43.0 Å². The zero-order valence-electron chi connectivity index (χ0n) is 19.6. The summed E-state index contributed by atoms with van der Waals surface area (Å²) in [7, 11) is -3.91. The Morgan fingerprint density at radius 1 is 1.09 bits per heavy atom. The van der Waals surface area contributed by atoms with Crippen molar-refractivity contribution in [3.8, 4) is 5.75 Å². The standard InChI is InChI=1S/C25H33N3O5S/c1-2-33-21-8-10-22(11-9-21)34(31,32)26-23-16-20(25(29)30)7-12-24(23)28-15-5-6-19(18-28)17-27-13-3-4-14-27/h7-12,16,19,26H,2-6,13-15,17-18H2,1H3,(H,29,30)/t19-/m1/s1. The summed E-state index contributed by atoms with van der Waals surface area (Å²) in [4.78, 5) is 16.4. The highest BCUT2D eigenvalue weighted by molar-refractivity contribution is 7.92. The molecule has 2 aliphatic heterocycles. The Balaban J connectivity index is 1.58. The molecule has 0 aromatic heterocycles. The molecule has 2 fully saturated rings. The Labute approximate surface area is 201 Å². The van der Waals surface area contributed by atoms with Crippen molar-refractivity contribution in [1.82, 2.24) is 4.90 Å². The van der Waals surface area contributed by atoms with E-state index in [2.05, 4.69) is 14.5 Å². The molecule has 184 valence electrons. The van der Waals surface area contributed by atoms with Crippen LogP contribution >= 0.6 is 0 Å². The van der Waals surface area contributed by atoms with Crippen molar-refractivity contribution in [3.05, 3.63) is 48.0 Å². The van der Waals surface area contributed by atoms with Crippen LogP contribution in [-0.4, -0.2) is 63.7 Å². The molecule has 8 nitrogen and oxygen atoms in total. The van der Waals surface area contributed by atoms with Crippen LogP contribution < -0.4 is 14.4 Å². The Morgan fingerprint density at radius 3 is 2.50 bits per heavy atom.